The number of aromatic hydroxyl groups is 1. The summed E-state index contributed by atoms with van der Waals surface area (Å²) >= 11 is -3.40. The van der Waals surface area contributed by atoms with Gasteiger partial charge in [-0.3, -0.25) is 0 Å². The van der Waals surface area contributed by atoms with Crippen LogP contribution in [0.3, 0.4) is 0 Å². The van der Waals surface area contributed by atoms with E-state index >= 15 is 0 Å². The number of phenolic OH excluding ortho intramolecular Hbond substituents is 1. The molecule has 0 bridgehead atoms. The second-order valence-corrected chi connectivity index (χ2v) is 16.5. The maximum atomic E-state index is 11.5. The zero-order chi connectivity index (χ0) is 29.9. The van der Waals surface area contributed by atoms with E-state index in [0.717, 1.165) is 92.6 Å². The summed E-state index contributed by atoms with van der Waals surface area (Å²) in [6.07, 6.45) is 18.3. The van der Waals surface area contributed by atoms with Gasteiger partial charge in [-0.25, -0.2) is 0 Å². The minimum atomic E-state index is -3.40. The Morgan fingerprint density at radius 3 is 1.36 bits per heavy atom. The molecular formula is C40H41GaO4. The Morgan fingerprint density at radius 2 is 0.844 bits per heavy atom. The van der Waals surface area contributed by atoms with Crippen LogP contribution in [0.1, 0.15) is 95.9 Å². The summed E-state index contributed by atoms with van der Waals surface area (Å²) in [5.74, 6) is 3.06. The van der Waals surface area contributed by atoms with E-state index in [-0.39, 0.29) is 0 Å². The molecule has 0 saturated heterocycles. The molecule has 45 heavy (non-hydrogen) atoms. The number of aryl methyl sites for hydroxylation is 4. The third-order valence-electron chi connectivity index (χ3n) is 11.2. The Morgan fingerprint density at radius 1 is 0.444 bits per heavy atom. The van der Waals surface area contributed by atoms with E-state index in [1.165, 1.54) is 94.2 Å². The molecule has 0 amide bonds. The van der Waals surface area contributed by atoms with Crippen molar-refractivity contribution in [2.45, 2.75) is 103 Å². The molecule has 228 valence electrons. The van der Waals surface area contributed by atoms with E-state index in [9.17, 15) is 5.11 Å². The van der Waals surface area contributed by atoms with Gasteiger partial charge < -0.3 is 0 Å². The van der Waals surface area contributed by atoms with E-state index in [1.54, 1.807) is 0 Å². The summed E-state index contributed by atoms with van der Waals surface area (Å²) in [4.78, 5) is 0. The number of fused-ring (bicyclic) bond motifs is 9. The molecule has 4 aliphatic carbocycles. The summed E-state index contributed by atoms with van der Waals surface area (Å²) in [5, 5.41) is 11.5. The molecule has 1 N–H and O–H groups in total. The average Bonchev–Trinajstić information content (AvgIpc) is 3.25. The van der Waals surface area contributed by atoms with E-state index < -0.39 is 17.3 Å². The van der Waals surface area contributed by atoms with Gasteiger partial charge in [0.25, 0.3) is 0 Å². The van der Waals surface area contributed by atoms with Gasteiger partial charge in [-0.2, -0.15) is 0 Å². The second-order valence-electron chi connectivity index (χ2n) is 13.8. The average molecular weight is 655 g/mol. The topological polar surface area (TPSA) is 47.9 Å². The Kier molecular flexibility index (Phi) is 7.15. The van der Waals surface area contributed by atoms with Crippen LogP contribution in [-0.2, 0) is 51.4 Å². The zero-order valence-electron chi connectivity index (χ0n) is 26.2. The predicted molar refractivity (Wildman–Crippen MR) is 180 cm³/mol. The van der Waals surface area contributed by atoms with Gasteiger partial charge in [-0.1, -0.05) is 0 Å². The van der Waals surface area contributed by atoms with E-state index in [2.05, 4.69) is 42.5 Å². The fraction of sp³-hybridized carbons (Fsp3) is 0.400. The van der Waals surface area contributed by atoms with Gasteiger partial charge in [0.1, 0.15) is 0 Å². The van der Waals surface area contributed by atoms with Crippen LogP contribution in [0.25, 0.3) is 22.3 Å². The van der Waals surface area contributed by atoms with E-state index in [4.69, 9.17) is 10.6 Å². The molecule has 1 aliphatic heterocycles. The van der Waals surface area contributed by atoms with Gasteiger partial charge in [-0.05, 0) is 0 Å². The Bertz CT molecular complexity index is 1760. The van der Waals surface area contributed by atoms with Crippen LogP contribution in [0.2, 0.25) is 0 Å². The first-order chi connectivity index (χ1) is 22.2. The molecule has 5 aliphatic rings. The molecule has 0 saturated carbocycles. The van der Waals surface area contributed by atoms with Crippen molar-refractivity contribution in [3.8, 4) is 45.3 Å². The SMILES string of the molecule is Oc1ccc2c(c1-c1c([O][Ga]3[O]c4ccc5c(c4-c4c(ccc6c4CCCC6)[O]3)CCCC5)ccc3c1CCCC3)CCCC2. The van der Waals surface area contributed by atoms with Crippen LogP contribution in [0.4, 0.5) is 0 Å². The van der Waals surface area contributed by atoms with Crippen LogP contribution >= 0.6 is 0 Å². The van der Waals surface area contributed by atoms with Gasteiger partial charge in [0.15, 0.2) is 0 Å². The molecule has 0 atom stereocenters. The number of hydrogen-bond donors (Lipinski definition) is 1. The van der Waals surface area contributed by atoms with Crippen molar-refractivity contribution in [2.75, 3.05) is 0 Å². The quantitative estimate of drug-likeness (QED) is 0.224. The summed E-state index contributed by atoms with van der Waals surface area (Å²) in [6, 6.07) is 17.4. The van der Waals surface area contributed by atoms with Crippen molar-refractivity contribution in [2.24, 2.45) is 0 Å². The van der Waals surface area contributed by atoms with Crippen LogP contribution < -0.4 is 10.6 Å². The molecule has 4 aromatic rings. The second kappa shape index (κ2) is 11.5. The van der Waals surface area contributed by atoms with Gasteiger partial charge in [0.2, 0.25) is 0 Å². The summed E-state index contributed by atoms with van der Waals surface area (Å²) in [5.41, 5.74) is 15.9. The molecule has 9 rings (SSSR count). The molecule has 1 heterocycles. The number of hydrogen-bond acceptors (Lipinski definition) is 4. The van der Waals surface area contributed by atoms with Crippen molar-refractivity contribution < 1.29 is 15.7 Å². The summed E-state index contributed by atoms with van der Waals surface area (Å²) < 4.78 is 21.0. The third kappa shape index (κ3) is 4.80. The van der Waals surface area contributed by atoms with Crippen molar-refractivity contribution in [1.82, 2.24) is 0 Å². The standard InChI is InChI=1S/2C20H22O2.Ga/c2*21-17-11-9-13-5-1-3-7-15(13)19(17)20-16-8-4-2-6-14(16)10-12-18(20)22;/h2*9-12,21-22H,1-8H2;/q;;+3/p-3. The van der Waals surface area contributed by atoms with E-state index in [1.807, 2.05) is 6.07 Å². The van der Waals surface area contributed by atoms with Gasteiger partial charge in [0.05, 0.1) is 0 Å². The van der Waals surface area contributed by atoms with Crippen LogP contribution in [-0.4, -0.2) is 22.4 Å². The molecule has 4 nitrogen and oxygen atoms in total. The fourth-order valence-corrected chi connectivity index (χ4v) is 11.9. The van der Waals surface area contributed by atoms with Gasteiger partial charge in [-0.15, -0.1) is 0 Å². The molecular weight excluding hydrogens is 614 g/mol. The Labute approximate surface area is 273 Å². The molecule has 5 heteroatoms. The van der Waals surface area contributed by atoms with Gasteiger partial charge >= 0.3 is 274 Å². The zero-order valence-corrected chi connectivity index (χ0v) is 28.6. The number of benzene rings is 4. The normalized spacial score (nSPS) is 18.1. The minimum absolute atomic E-state index is 0.364. The van der Waals surface area contributed by atoms with Crippen LogP contribution in [0.15, 0.2) is 48.5 Å². The number of rotatable bonds is 3. The van der Waals surface area contributed by atoms with Crippen molar-refractivity contribution in [3.05, 3.63) is 93.0 Å². The fourth-order valence-electron chi connectivity index (χ4n) is 9.01. The first-order valence-electron chi connectivity index (χ1n) is 17.5. The van der Waals surface area contributed by atoms with Crippen molar-refractivity contribution in [3.63, 3.8) is 0 Å². The molecule has 0 fully saturated rings. The molecule has 4 aromatic carbocycles. The summed E-state index contributed by atoms with van der Waals surface area (Å²) in [6.45, 7) is 0. The number of phenols is 1. The van der Waals surface area contributed by atoms with E-state index in [0.29, 0.717) is 5.75 Å². The van der Waals surface area contributed by atoms with Crippen LogP contribution in [0, 0.1) is 0 Å². The van der Waals surface area contributed by atoms with Gasteiger partial charge in [0, 0.05) is 0 Å². The Hall–Kier alpha value is -3.28. The molecule has 0 radical (unpaired) electrons. The molecule has 0 unspecified atom stereocenters. The first kappa shape index (κ1) is 28.0. The maximum absolute atomic E-state index is 11.5. The monoisotopic (exact) mass is 654 g/mol. The molecule has 0 spiro atoms. The first-order valence-corrected chi connectivity index (χ1v) is 20.5. The molecule has 0 aromatic heterocycles. The van der Waals surface area contributed by atoms with Crippen molar-refractivity contribution in [1.29, 1.82) is 0 Å². The van der Waals surface area contributed by atoms with Crippen LogP contribution in [0.5, 0.6) is 23.0 Å². The summed E-state index contributed by atoms with van der Waals surface area (Å²) in [7, 11) is 0. The third-order valence-corrected chi connectivity index (χ3v) is 14.0. The van der Waals surface area contributed by atoms with Crippen molar-refractivity contribution >= 4 is 17.3 Å². The predicted octanol–water partition coefficient (Wildman–Crippen LogP) is 9.08. The Balaban J connectivity index is 1.20.